The number of amides is 1. The third-order valence-corrected chi connectivity index (χ3v) is 4.35. The van der Waals surface area contributed by atoms with Crippen LogP contribution in [0.25, 0.3) is 22.3 Å². The number of carbonyl (C=O) groups excluding carboxylic acids is 1. The highest BCUT2D eigenvalue weighted by Crippen LogP contribution is 2.25. The summed E-state index contributed by atoms with van der Waals surface area (Å²) in [5.41, 5.74) is 2.72. The number of halogens is 1. The largest absolute Gasteiger partial charge is 0.321 e. The predicted molar refractivity (Wildman–Crippen MR) is 107 cm³/mol. The average molecular weight is 376 g/mol. The molecule has 132 valence electrons. The number of H-pyrrole nitrogens is 1. The Morgan fingerprint density at radius 2 is 1.74 bits per heavy atom. The topological polar surface area (TPSA) is 74.8 Å². The van der Waals surface area contributed by atoms with Crippen molar-refractivity contribution in [3.8, 4) is 11.3 Å². The Kier molecular flexibility index (Phi) is 4.44. The Labute approximate surface area is 159 Å². The van der Waals surface area contributed by atoms with Crippen LogP contribution in [0.15, 0.2) is 77.6 Å². The molecule has 1 aromatic heterocycles. The number of carbonyl (C=O) groups is 1. The fourth-order valence-electron chi connectivity index (χ4n) is 2.83. The van der Waals surface area contributed by atoms with Crippen LogP contribution in [-0.2, 0) is 0 Å². The van der Waals surface area contributed by atoms with Gasteiger partial charge in [0.1, 0.15) is 5.69 Å². The molecule has 0 unspecified atom stereocenters. The van der Waals surface area contributed by atoms with Gasteiger partial charge in [0.15, 0.2) is 0 Å². The van der Waals surface area contributed by atoms with E-state index >= 15 is 0 Å². The molecule has 0 fully saturated rings. The summed E-state index contributed by atoms with van der Waals surface area (Å²) in [6.07, 6.45) is 0. The Balaban J connectivity index is 1.77. The second-order valence-electron chi connectivity index (χ2n) is 5.94. The van der Waals surface area contributed by atoms with Crippen molar-refractivity contribution in [3.63, 3.8) is 0 Å². The summed E-state index contributed by atoms with van der Waals surface area (Å²) >= 11 is 5.96. The Morgan fingerprint density at radius 3 is 2.59 bits per heavy atom. The van der Waals surface area contributed by atoms with Crippen LogP contribution in [0.5, 0.6) is 0 Å². The van der Waals surface area contributed by atoms with Gasteiger partial charge in [-0.05, 0) is 36.4 Å². The molecular weight excluding hydrogens is 362 g/mol. The molecule has 0 bridgehead atoms. The summed E-state index contributed by atoms with van der Waals surface area (Å²) < 4.78 is 0. The second kappa shape index (κ2) is 7.05. The molecule has 6 heteroatoms. The van der Waals surface area contributed by atoms with Crippen LogP contribution in [0.4, 0.5) is 5.69 Å². The van der Waals surface area contributed by atoms with Gasteiger partial charge < -0.3 is 10.3 Å². The number of anilines is 1. The van der Waals surface area contributed by atoms with Gasteiger partial charge in [0.05, 0.1) is 16.7 Å². The van der Waals surface area contributed by atoms with E-state index in [4.69, 9.17) is 11.6 Å². The maximum Gasteiger partial charge on any atom is 0.275 e. The molecule has 0 aliphatic carbocycles. The van der Waals surface area contributed by atoms with Crippen molar-refractivity contribution in [2.75, 3.05) is 5.32 Å². The summed E-state index contributed by atoms with van der Waals surface area (Å²) in [5, 5.41) is 3.31. The van der Waals surface area contributed by atoms with Crippen LogP contribution in [0.1, 0.15) is 10.4 Å². The number of hydrogen-bond donors (Lipinski definition) is 2. The van der Waals surface area contributed by atoms with Crippen molar-refractivity contribution in [2.45, 2.75) is 0 Å². The van der Waals surface area contributed by atoms with E-state index in [0.717, 1.165) is 0 Å². The molecule has 0 radical (unpaired) electrons. The van der Waals surface area contributed by atoms with Crippen molar-refractivity contribution in [2.24, 2.45) is 0 Å². The van der Waals surface area contributed by atoms with E-state index in [2.05, 4.69) is 15.3 Å². The first kappa shape index (κ1) is 17.0. The summed E-state index contributed by atoms with van der Waals surface area (Å²) in [7, 11) is 0. The van der Waals surface area contributed by atoms with Gasteiger partial charge in [0.25, 0.3) is 11.5 Å². The van der Waals surface area contributed by atoms with Crippen molar-refractivity contribution in [1.82, 2.24) is 9.97 Å². The van der Waals surface area contributed by atoms with E-state index < -0.39 is 0 Å². The molecule has 1 heterocycles. The highest BCUT2D eigenvalue weighted by atomic mass is 35.5. The maximum atomic E-state index is 12.6. The molecule has 0 atom stereocenters. The molecule has 1 amide bonds. The van der Waals surface area contributed by atoms with Crippen LogP contribution in [0, 0.1) is 0 Å². The summed E-state index contributed by atoms with van der Waals surface area (Å²) in [6, 6.07) is 21.0. The first-order valence-corrected chi connectivity index (χ1v) is 8.65. The molecule has 5 nitrogen and oxygen atoms in total. The van der Waals surface area contributed by atoms with E-state index in [1.54, 1.807) is 54.6 Å². The molecule has 0 aliphatic heterocycles. The zero-order valence-electron chi connectivity index (χ0n) is 14.1. The number of hydrogen-bond acceptors (Lipinski definition) is 3. The van der Waals surface area contributed by atoms with Crippen LogP contribution >= 0.6 is 11.6 Å². The molecule has 3 aromatic carbocycles. The summed E-state index contributed by atoms with van der Waals surface area (Å²) in [4.78, 5) is 32.4. The molecule has 0 saturated heterocycles. The molecule has 4 rings (SSSR count). The van der Waals surface area contributed by atoms with Crippen LogP contribution < -0.4 is 10.9 Å². The second-order valence-corrected chi connectivity index (χ2v) is 6.38. The minimum atomic E-state index is -0.321. The number of aromatic amines is 1. The number of aromatic nitrogens is 2. The van der Waals surface area contributed by atoms with E-state index in [9.17, 15) is 9.59 Å². The average Bonchev–Trinajstić information content (AvgIpc) is 2.68. The third-order valence-electron chi connectivity index (χ3n) is 4.12. The van der Waals surface area contributed by atoms with Crippen LogP contribution in [-0.4, -0.2) is 15.9 Å². The van der Waals surface area contributed by atoms with Gasteiger partial charge in [0.2, 0.25) is 0 Å². The van der Waals surface area contributed by atoms with Crippen molar-refractivity contribution < 1.29 is 4.79 Å². The minimum absolute atomic E-state index is 0.246. The molecule has 0 spiro atoms. The lowest BCUT2D eigenvalue weighted by Gasteiger charge is -2.11. The van der Waals surface area contributed by atoms with Gasteiger partial charge in [0, 0.05) is 16.1 Å². The molecule has 2 N–H and O–H groups in total. The monoisotopic (exact) mass is 375 g/mol. The molecule has 0 aliphatic rings. The fourth-order valence-corrected chi connectivity index (χ4v) is 3.03. The van der Waals surface area contributed by atoms with E-state index in [0.29, 0.717) is 32.9 Å². The SMILES string of the molecule is O=C(Nc1ccccc1-c1nc2ccccc2[nH]c1=O)c1cccc(Cl)c1. The first-order chi connectivity index (χ1) is 13.1. The molecule has 4 aromatic rings. The Bertz CT molecular complexity index is 1220. The van der Waals surface area contributed by atoms with Gasteiger partial charge in [-0.25, -0.2) is 4.98 Å². The highest BCUT2D eigenvalue weighted by molar-refractivity contribution is 6.31. The van der Waals surface area contributed by atoms with Gasteiger partial charge in [-0.15, -0.1) is 0 Å². The summed E-state index contributed by atoms with van der Waals surface area (Å²) in [6.45, 7) is 0. The number of nitrogens with zero attached hydrogens (tertiary/aromatic N) is 1. The third kappa shape index (κ3) is 3.45. The number of nitrogens with one attached hydrogen (secondary N) is 2. The molecule has 27 heavy (non-hydrogen) atoms. The van der Waals surface area contributed by atoms with E-state index in [1.165, 1.54) is 0 Å². The predicted octanol–water partition coefficient (Wildman–Crippen LogP) is 4.50. The standard InChI is InChI=1S/C21H14ClN3O2/c22-14-7-5-6-13(12-14)20(26)24-16-9-2-1-8-15(16)19-21(27)25-18-11-4-3-10-17(18)23-19/h1-12H,(H,24,26)(H,25,27). The lowest BCUT2D eigenvalue weighted by Crippen LogP contribution is -2.15. The van der Waals surface area contributed by atoms with Gasteiger partial charge >= 0.3 is 0 Å². The highest BCUT2D eigenvalue weighted by Gasteiger charge is 2.14. The fraction of sp³-hybridized carbons (Fsp3) is 0. The zero-order chi connectivity index (χ0) is 18.8. The lowest BCUT2D eigenvalue weighted by atomic mass is 10.1. The van der Waals surface area contributed by atoms with E-state index in [1.807, 2.05) is 18.2 Å². The Hall–Kier alpha value is -3.44. The quantitative estimate of drug-likeness (QED) is 0.553. The van der Waals surface area contributed by atoms with Gasteiger partial charge in [-0.2, -0.15) is 0 Å². The van der Waals surface area contributed by atoms with Crippen LogP contribution in [0.2, 0.25) is 5.02 Å². The lowest BCUT2D eigenvalue weighted by molar-refractivity contribution is 0.102. The van der Waals surface area contributed by atoms with Gasteiger partial charge in [-0.1, -0.05) is 48.0 Å². The molecule has 0 saturated carbocycles. The maximum absolute atomic E-state index is 12.6. The van der Waals surface area contributed by atoms with Crippen molar-refractivity contribution >= 4 is 34.2 Å². The first-order valence-electron chi connectivity index (χ1n) is 8.27. The van der Waals surface area contributed by atoms with Crippen molar-refractivity contribution in [3.05, 3.63) is 93.7 Å². The van der Waals surface area contributed by atoms with Gasteiger partial charge in [-0.3, -0.25) is 9.59 Å². The normalized spacial score (nSPS) is 10.7. The number of para-hydroxylation sites is 3. The summed E-state index contributed by atoms with van der Waals surface area (Å²) in [5.74, 6) is -0.317. The number of fused-ring (bicyclic) bond motifs is 1. The van der Waals surface area contributed by atoms with Crippen LogP contribution in [0.3, 0.4) is 0 Å². The Morgan fingerprint density at radius 1 is 0.963 bits per heavy atom. The smallest absolute Gasteiger partial charge is 0.275 e. The zero-order valence-corrected chi connectivity index (χ0v) is 14.8. The molecular formula is C21H14ClN3O2. The van der Waals surface area contributed by atoms with Crippen molar-refractivity contribution in [1.29, 1.82) is 0 Å². The number of benzene rings is 3. The number of rotatable bonds is 3. The van der Waals surface area contributed by atoms with E-state index in [-0.39, 0.29) is 17.2 Å². The minimum Gasteiger partial charge on any atom is -0.321 e.